The number of carbonyl (C=O) groups excluding carboxylic acids is 1. The van der Waals surface area contributed by atoms with Gasteiger partial charge in [0.05, 0.1) is 12.6 Å². The maximum Gasteiger partial charge on any atom is 0.224 e. The number of halogens is 1. The van der Waals surface area contributed by atoms with Gasteiger partial charge in [-0.2, -0.15) is 0 Å². The van der Waals surface area contributed by atoms with Gasteiger partial charge < -0.3 is 10.1 Å². The monoisotopic (exact) mass is 387 g/mol. The number of amides is 1. The number of benzene rings is 2. The van der Waals surface area contributed by atoms with E-state index in [1.807, 2.05) is 50.2 Å². The summed E-state index contributed by atoms with van der Waals surface area (Å²) in [5.74, 6) is 1.29. The summed E-state index contributed by atoms with van der Waals surface area (Å²) in [7, 11) is 1.65. The molecule has 3 rings (SSSR count). The summed E-state index contributed by atoms with van der Waals surface area (Å²) >= 11 is 3.45. The molecule has 2 aromatic rings. The van der Waals surface area contributed by atoms with Crippen molar-refractivity contribution in [3.8, 4) is 5.75 Å². The van der Waals surface area contributed by atoms with E-state index >= 15 is 0 Å². The van der Waals surface area contributed by atoms with Crippen LogP contribution in [0.1, 0.15) is 37.3 Å². The third-order valence-electron chi connectivity index (χ3n) is 4.64. The van der Waals surface area contributed by atoms with Crippen LogP contribution in [0.15, 0.2) is 53.0 Å². The number of nitrogens with one attached hydrogen (secondary N) is 1. The Morgan fingerprint density at radius 2 is 1.83 bits per heavy atom. The van der Waals surface area contributed by atoms with Crippen molar-refractivity contribution >= 4 is 21.8 Å². The molecule has 126 valence electrons. The first-order chi connectivity index (χ1) is 11.4. The predicted molar refractivity (Wildman–Crippen MR) is 99.2 cm³/mol. The van der Waals surface area contributed by atoms with E-state index in [0.717, 1.165) is 22.2 Å². The summed E-state index contributed by atoms with van der Waals surface area (Å²) < 4.78 is 6.50. The highest BCUT2D eigenvalue weighted by molar-refractivity contribution is 9.10. The summed E-state index contributed by atoms with van der Waals surface area (Å²) in [5, 5.41) is 3.19. The molecule has 0 bridgehead atoms. The van der Waals surface area contributed by atoms with Crippen LogP contribution in [0.25, 0.3) is 0 Å². The van der Waals surface area contributed by atoms with Gasteiger partial charge in [0.2, 0.25) is 5.91 Å². The van der Waals surface area contributed by atoms with Crippen LogP contribution in [0.2, 0.25) is 0 Å². The van der Waals surface area contributed by atoms with Gasteiger partial charge in [-0.3, -0.25) is 4.79 Å². The van der Waals surface area contributed by atoms with Crippen molar-refractivity contribution < 1.29 is 9.53 Å². The molecule has 0 saturated heterocycles. The van der Waals surface area contributed by atoms with Gasteiger partial charge in [-0.05, 0) is 49.9 Å². The highest BCUT2D eigenvalue weighted by Gasteiger charge is 2.45. The van der Waals surface area contributed by atoms with E-state index in [0.29, 0.717) is 5.92 Å². The lowest BCUT2D eigenvalue weighted by atomic mass is 9.93. The fourth-order valence-corrected chi connectivity index (χ4v) is 3.46. The molecule has 0 spiro atoms. The van der Waals surface area contributed by atoms with Crippen molar-refractivity contribution in [2.45, 2.75) is 31.7 Å². The highest BCUT2D eigenvalue weighted by atomic mass is 79.9. The lowest BCUT2D eigenvalue weighted by molar-refractivity contribution is -0.124. The minimum Gasteiger partial charge on any atom is -0.496 e. The molecule has 1 aliphatic carbocycles. The summed E-state index contributed by atoms with van der Waals surface area (Å²) in [6.45, 7) is 4.03. The lowest BCUT2D eigenvalue weighted by Crippen LogP contribution is -2.42. The van der Waals surface area contributed by atoms with E-state index in [9.17, 15) is 4.79 Å². The first kappa shape index (κ1) is 17.0. The van der Waals surface area contributed by atoms with Crippen molar-refractivity contribution in [3.05, 3.63) is 64.1 Å². The molecule has 1 saturated carbocycles. The molecule has 2 unspecified atom stereocenters. The molecule has 1 amide bonds. The Labute approximate surface area is 151 Å². The molecule has 0 radical (unpaired) electrons. The van der Waals surface area contributed by atoms with Crippen LogP contribution in [0.5, 0.6) is 5.75 Å². The van der Waals surface area contributed by atoms with Crippen molar-refractivity contribution in [1.82, 2.24) is 5.32 Å². The number of para-hydroxylation sites is 1. The number of rotatable bonds is 5. The second-order valence-corrected chi connectivity index (χ2v) is 7.73. The van der Waals surface area contributed by atoms with Crippen LogP contribution in [-0.4, -0.2) is 13.0 Å². The van der Waals surface area contributed by atoms with E-state index in [-0.39, 0.29) is 11.8 Å². The molecule has 0 heterocycles. The first-order valence-electron chi connectivity index (χ1n) is 8.13. The number of ether oxygens (including phenoxy) is 1. The minimum atomic E-state index is -0.476. The molecule has 2 aromatic carbocycles. The van der Waals surface area contributed by atoms with Gasteiger partial charge in [0.25, 0.3) is 0 Å². The molecule has 1 N–H and O–H groups in total. The zero-order chi connectivity index (χ0) is 17.3. The molecule has 4 heteroatoms. The largest absolute Gasteiger partial charge is 0.496 e. The molecular weight excluding hydrogens is 366 g/mol. The van der Waals surface area contributed by atoms with Crippen LogP contribution < -0.4 is 10.1 Å². The quantitative estimate of drug-likeness (QED) is 0.812. The minimum absolute atomic E-state index is 0.0557. The molecule has 3 nitrogen and oxygen atoms in total. The fraction of sp³-hybridized carbons (Fsp3) is 0.350. The van der Waals surface area contributed by atoms with Crippen LogP contribution in [0.3, 0.4) is 0 Å². The van der Waals surface area contributed by atoms with Crippen LogP contribution in [0.4, 0.5) is 0 Å². The molecule has 0 aromatic heterocycles. The molecule has 2 atom stereocenters. The van der Waals surface area contributed by atoms with Crippen molar-refractivity contribution in [2.24, 2.45) is 5.92 Å². The zero-order valence-electron chi connectivity index (χ0n) is 14.2. The topological polar surface area (TPSA) is 38.3 Å². The van der Waals surface area contributed by atoms with E-state index in [2.05, 4.69) is 33.4 Å². The highest BCUT2D eigenvalue weighted by Crippen LogP contribution is 2.48. The van der Waals surface area contributed by atoms with Crippen molar-refractivity contribution in [1.29, 1.82) is 0 Å². The number of carbonyl (C=O) groups is 1. The van der Waals surface area contributed by atoms with Crippen molar-refractivity contribution in [3.63, 3.8) is 0 Å². The Balaban J connectivity index is 1.70. The second-order valence-electron chi connectivity index (χ2n) is 6.81. The van der Waals surface area contributed by atoms with Gasteiger partial charge in [-0.1, -0.05) is 46.3 Å². The average Bonchev–Trinajstić information content (AvgIpc) is 3.36. The zero-order valence-corrected chi connectivity index (χ0v) is 15.8. The Kier molecular flexibility index (Phi) is 4.68. The van der Waals surface area contributed by atoms with E-state index in [4.69, 9.17) is 4.74 Å². The van der Waals surface area contributed by atoms with Crippen LogP contribution in [-0.2, 0) is 10.3 Å². The number of hydrogen-bond donors (Lipinski definition) is 1. The Hall–Kier alpha value is -1.81. The summed E-state index contributed by atoms with van der Waals surface area (Å²) in [6.07, 6.45) is 0.912. The lowest BCUT2D eigenvalue weighted by Gasteiger charge is -2.28. The molecule has 24 heavy (non-hydrogen) atoms. The SMILES string of the molecule is COc1ccccc1C(C)(C)NC(=O)C1CC1c1ccc(Br)cc1. The van der Waals surface area contributed by atoms with E-state index in [1.165, 1.54) is 5.56 Å². The normalized spacial score (nSPS) is 19.7. The van der Waals surface area contributed by atoms with E-state index < -0.39 is 5.54 Å². The smallest absolute Gasteiger partial charge is 0.224 e. The van der Waals surface area contributed by atoms with Crippen LogP contribution in [0, 0.1) is 5.92 Å². The van der Waals surface area contributed by atoms with E-state index in [1.54, 1.807) is 7.11 Å². The fourth-order valence-electron chi connectivity index (χ4n) is 3.19. The Bertz CT molecular complexity index is 740. The Morgan fingerprint density at radius 3 is 2.50 bits per heavy atom. The number of hydrogen-bond acceptors (Lipinski definition) is 2. The molecule has 1 aliphatic rings. The van der Waals surface area contributed by atoms with Gasteiger partial charge in [0.15, 0.2) is 0 Å². The first-order valence-corrected chi connectivity index (χ1v) is 8.92. The second kappa shape index (κ2) is 6.60. The molecule has 1 fully saturated rings. The van der Waals surface area contributed by atoms with Gasteiger partial charge in [0.1, 0.15) is 5.75 Å². The van der Waals surface area contributed by atoms with Crippen molar-refractivity contribution in [2.75, 3.05) is 7.11 Å². The predicted octanol–water partition coefficient (Wildman–Crippen LogP) is 4.61. The maximum absolute atomic E-state index is 12.7. The third-order valence-corrected chi connectivity index (χ3v) is 5.17. The molecule has 0 aliphatic heterocycles. The maximum atomic E-state index is 12.7. The summed E-state index contributed by atoms with van der Waals surface area (Å²) in [4.78, 5) is 12.7. The molecular formula is C20H22BrNO2. The van der Waals surface area contributed by atoms with Gasteiger partial charge in [-0.15, -0.1) is 0 Å². The van der Waals surface area contributed by atoms with Gasteiger partial charge in [-0.25, -0.2) is 0 Å². The number of methoxy groups -OCH3 is 1. The summed E-state index contributed by atoms with van der Waals surface area (Å²) in [5.41, 5.74) is 1.74. The summed E-state index contributed by atoms with van der Waals surface area (Å²) in [6, 6.07) is 16.1. The average molecular weight is 388 g/mol. The van der Waals surface area contributed by atoms with Gasteiger partial charge >= 0.3 is 0 Å². The Morgan fingerprint density at radius 1 is 1.17 bits per heavy atom. The standard InChI is InChI=1S/C20H22BrNO2/c1-20(2,17-6-4-5-7-18(17)24-3)22-19(23)16-12-15(16)13-8-10-14(21)11-9-13/h4-11,15-16H,12H2,1-3H3,(H,22,23). The third kappa shape index (κ3) is 3.48. The van der Waals surface area contributed by atoms with Gasteiger partial charge in [0, 0.05) is 16.0 Å². The van der Waals surface area contributed by atoms with Crippen LogP contribution >= 0.6 is 15.9 Å².